The van der Waals surface area contributed by atoms with Crippen molar-refractivity contribution in [2.75, 3.05) is 24.6 Å². The lowest BCUT2D eigenvalue weighted by Crippen LogP contribution is -2.41. The highest BCUT2D eigenvalue weighted by Crippen LogP contribution is 2.18. The zero-order chi connectivity index (χ0) is 11.8. The zero-order valence-corrected chi connectivity index (χ0v) is 10.2. The summed E-state index contributed by atoms with van der Waals surface area (Å²) in [7, 11) is -2.91. The third-order valence-corrected chi connectivity index (χ3v) is 5.20. The number of amides is 1. The highest BCUT2D eigenvalue weighted by atomic mass is 32.2. The van der Waals surface area contributed by atoms with Crippen molar-refractivity contribution in [2.24, 2.45) is 11.8 Å². The lowest BCUT2D eigenvalue weighted by atomic mass is 9.97. The first kappa shape index (κ1) is 11.9. The zero-order valence-electron chi connectivity index (χ0n) is 9.40. The SMILES string of the molecule is C[C@@H]1CNC[C@H]1C(=O)NC1CCS(=O)(=O)C1. The fourth-order valence-corrected chi connectivity index (χ4v) is 4.05. The molecule has 2 N–H and O–H groups in total. The van der Waals surface area contributed by atoms with E-state index in [1.54, 1.807) is 0 Å². The number of sulfone groups is 1. The van der Waals surface area contributed by atoms with Gasteiger partial charge in [-0.25, -0.2) is 8.42 Å². The second-order valence-electron chi connectivity index (χ2n) is 4.85. The minimum absolute atomic E-state index is 0.000370. The lowest BCUT2D eigenvalue weighted by Gasteiger charge is -2.17. The van der Waals surface area contributed by atoms with E-state index in [0.29, 0.717) is 18.9 Å². The molecule has 16 heavy (non-hydrogen) atoms. The molecule has 0 aliphatic carbocycles. The smallest absolute Gasteiger partial charge is 0.224 e. The van der Waals surface area contributed by atoms with Crippen molar-refractivity contribution >= 4 is 15.7 Å². The Morgan fingerprint density at radius 2 is 2.12 bits per heavy atom. The number of hydrogen-bond donors (Lipinski definition) is 2. The predicted molar refractivity (Wildman–Crippen MR) is 60.7 cm³/mol. The third kappa shape index (κ3) is 2.55. The van der Waals surface area contributed by atoms with Crippen molar-refractivity contribution < 1.29 is 13.2 Å². The van der Waals surface area contributed by atoms with Crippen LogP contribution in [-0.2, 0) is 14.6 Å². The van der Waals surface area contributed by atoms with Gasteiger partial charge in [0.1, 0.15) is 0 Å². The molecular weight excluding hydrogens is 228 g/mol. The van der Waals surface area contributed by atoms with Crippen LogP contribution in [0, 0.1) is 11.8 Å². The first-order chi connectivity index (χ1) is 7.48. The molecule has 0 bridgehead atoms. The summed E-state index contributed by atoms with van der Waals surface area (Å²) < 4.78 is 22.5. The van der Waals surface area contributed by atoms with E-state index in [0.717, 1.165) is 6.54 Å². The molecule has 0 aromatic heterocycles. The highest BCUT2D eigenvalue weighted by molar-refractivity contribution is 7.91. The summed E-state index contributed by atoms with van der Waals surface area (Å²) >= 11 is 0. The van der Waals surface area contributed by atoms with E-state index >= 15 is 0 Å². The average molecular weight is 246 g/mol. The van der Waals surface area contributed by atoms with Crippen molar-refractivity contribution in [3.8, 4) is 0 Å². The van der Waals surface area contributed by atoms with E-state index < -0.39 is 9.84 Å². The maximum atomic E-state index is 11.9. The molecular formula is C10H18N2O3S. The quantitative estimate of drug-likeness (QED) is 0.665. The number of nitrogens with one attached hydrogen (secondary N) is 2. The van der Waals surface area contributed by atoms with Gasteiger partial charge in [-0.3, -0.25) is 4.79 Å². The maximum Gasteiger partial charge on any atom is 0.224 e. The van der Waals surface area contributed by atoms with Crippen LogP contribution in [0.4, 0.5) is 0 Å². The molecule has 6 heteroatoms. The predicted octanol–water partition coefficient (Wildman–Crippen LogP) is -0.855. The average Bonchev–Trinajstić information content (AvgIpc) is 2.72. The van der Waals surface area contributed by atoms with Crippen LogP contribution in [0.25, 0.3) is 0 Å². The van der Waals surface area contributed by atoms with Gasteiger partial charge in [0.15, 0.2) is 9.84 Å². The summed E-state index contributed by atoms with van der Waals surface area (Å²) in [5.74, 6) is 0.630. The molecule has 2 saturated heterocycles. The molecule has 2 aliphatic heterocycles. The molecule has 5 nitrogen and oxygen atoms in total. The third-order valence-electron chi connectivity index (χ3n) is 3.43. The number of carbonyl (C=O) groups excluding carboxylic acids is 1. The first-order valence-corrected chi connectivity index (χ1v) is 7.51. The van der Waals surface area contributed by atoms with Crippen LogP contribution >= 0.6 is 0 Å². The van der Waals surface area contributed by atoms with Crippen molar-refractivity contribution in [3.05, 3.63) is 0 Å². The molecule has 2 fully saturated rings. The topological polar surface area (TPSA) is 75.3 Å². The van der Waals surface area contributed by atoms with Gasteiger partial charge in [-0.05, 0) is 18.9 Å². The molecule has 2 rings (SSSR count). The molecule has 0 aromatic rings. The van der Waals surface area contributed by atoms with E-state index in [1.165, 1.54) is 0 Å². The molecule has 0 spiro atoms. The summed E-state index contributed by atoms with van der Waals surface area (Å²) in [6.45, 7) is 3.60. The van der Waals surface area contributed by atoms with Gasteiger partial charge in [0, 0.05) is 12.6 Å². The highest BCUT2D eigenvalue weighted by Gasteiger charge is 2.34. The summed E-state index contributed by atoms with van der Waals surface area (Å²) in [6, 6.07) is -0.176. The van der Waals surface area contributed by atoms with E-state index in [9.17, 15) is 13.2 Å². The van der Waals surface area contributed by atoms with Gasteiger partial charge in [0.05, 0.1) is 17.4 Å². The van der Waals surface area contributed by atoms with E-state index in [-0.39, 0.29) is 29.4 Å². The Labute approximate surface area is 95.9 Å². The van der Waals surface area contributed by atoms with Crippen molar-refractivity contribution in [1.29, 1.82) is 0 Å². The summed E-state index contributed by atoms with van der Waals surface area (Å²) in [5.41, 5.74) is 0. The van der Waals surface area contributed by atoms with Gasteiger partial charge in [-0.1, -0.05) is 6.92 Å². The summed E-state index contributed by atoms with van der Waals surface area (Å²) in [6.07, 6.45) is 0.558. The maximum absolute atomic E-state index is 11.9. The molecule has 2 heterocycles. The van der Waals surface area contributed by atoms with Crippen LogP contribution in [-0.4, -0.2) is 45.0 Å². The van der Waals surface area contributed by atoms with Crippen LogP contribution in [0.1, 0.15) is 13.3 Å². The van der Waals surface area contributed by atoms with Crippen LogP contribution < -0.4 is 10.6 Å². The molecule has 1 unspecified atom stereocenters. The second-order valence-corrected chi connectivity index (χ2v) is 7.08. The lowest BCUT2D eigenvalue weighted by molar-refractivity contribution is -0.125. The van der Waals surface area contributed by atoms with Gasteiger partial charge in [0.25, 0.3) is 0 Å². The Kier molecular flexibility index (Phi) is 3.21. The normalized spacial score (nSPS) is 37.4. The second kappa shape index (κ2) is 4.33. The summed E-state index contributed by atoms with van der Waals surface area (Å²) in [4.78, 5) is 11.9. The minimum atomic E-state index is -2.91. The van der Waals surface area contributed by atoms with Crippen molar-refractivity contribution in [2.45, 2.75) is 19.4 Å². The Balaban J connectivity index is 1.88. The van der Waals surface area contributed by atoms with Crippen molar-refractivity contribution in [3.63, 3.8) is 0 Å². The van der Waals surface area contributed by atoms with E-state index in [2.05, 4.69) is 10.6 Å². The fraction of sp³-hybridized carbons (Fsp3) is 0.900. The minimum Gasteiger partial charge on any atom is -0.352 e. The first-order valence-electron chi connectivity index (χ1n) is 5.69. The van der Waals surface area contributed by atoms with Gasteiger partial charge in [-0.15, -0.1) is 0 Å². The molecule has 3 atom stereocenters. The van der Waals surface area contributed by atoms with E-state index in [4.69, 9.17) is 0 Å². The van der Waals surface area contributed by atoms with Gasteiger partial charge >= 0.3 is 0 Å². The number of rotatable bonds is 2. The number of carbonyl (C=O) groups is 1. The van der Waals surface area contributed by atoms with Gasteiger partial charge in [0.2, 0.25) is 5.91 Å². The molecule has 0 aromatic carbocycles. The Morgan fingerprint density at radius 1 is 1.38 bits per heavy atom. The monoisotopic (exact) mass is 246 g/mol. The Hall–Kier alpha value is -0.620. The molecule has 0 saturated carbocycles. The largest absolute Gasteiger partial charge is 0.352 e. The van der Waals surface area contributed by atoms with Crippen LogP contribution in [0.2, 0.25) is 0 Å². The molecule has 1 amide bonds. The van der Waals surface area contributed by atoms with Crippen LogP contribution in [0.5, 0.6) is 0 Å². The standard InChI is InChI=1S/C10H18N2O3S/c1-7-4-11-5-9(7)10(13)12-8-2-3-16(14,15)6-8/h7-9,11H,2-6H2,1H3,(H,12,13)/t7-,8?,9-/m1/s1. The van der Waals surface area contributed by atoms with Crippen molar-refractivity contribution in [1.82, 2.24) is 10.6 Å². The fourth-order valence-electron chi connectivity index (χ4n) is 2.38. The number of hydrogen-bond acceptors (Lipinski definition) is 4. The van der Waals surface area contributed by atoms with Crippen LogP contribution in [0.15, 0.2) is 0 Å². The van der Waals surface area contributed by atoms with Gasteiger partial charge in [-0.2, -0.15) is 0 Å². The molecule has 2 aliphatic rings. The van der Waals surface area contributed by atoms with Gasteiger partial charge < -0.3 is 10.6 Å². The summed E-state index contributed by atoms with van der Waals surface area (Å²) in [5, 5.41) is 6.01. The van der Waals surface area contributed by atoms with Crippen LogP contribution in [0.3, 0.4) is 0 Å². The molecule has 0 radical (unpaired) electrons. The van der Waals surface area contributed by atoms with E-state index in [1.807, 2.05) is 6.92 Å². The Morgan fingerprint density at radius 3 is 2.62 bits per heavy atom. The Bertz CT molecular complexity index is 380. The molecule has 92 valence electrons.